The summed E-state index contributed by atoms with van der Waals surface area (Å²) in [5, 5.41) is 3.06. The Bertz CT molecular complexity index is 1020. The molecule has 1 atom stereocenters. The summed E-state index contributed by atoms with van der Waals surface area (Å²) in [7, 11) is 3.22. The second-order valence-electron chi connectivity index (χ2n) is 7.32. The molecule has 4 rings (SSSR count). The predicted molar refractivity (Wildman–Crippen MR) is 114 cm³/mol. The van der Waals surface area contributed by atoms with E-state index in [9.17, 15) is 4.79 Å². The molecule has 8 nitrogen and oxygen atoms in total. The van der Waals surface area contributed by atoms with Crippen LogP contribution in [-0.4, -0.2) is 48.2 Å². The SMILES string of the molecule is COc1cc(CNC(=O)C2CCCN(c3cnc4nccnc4c3)C2)cc(OC)c1. The van der Waals surface area contributed by atoms with Gasteiger partial charge < -0.3 is 19.7 Å². The second kappa shape index (κ2) is 8.94. The number of fused-ring (bicyclic) bond motifs is 1. The molecule has 2 aromatic heterocycles. The van der Waals surface area contributed by atoms with E-state index in [0.29, 0.717) is 30.2 Å². The van der Waals surface area contributed by atoms with Crippen LogP contribution in [0.15, 0.2) is 42.9 Å². The Hall–Kier alpha value is -3.42. The summed E-state index contributed by atoms with van der Waals surface area (Å²) in [5.41, 5.74) is 3.29. The van der Waals surface area contributed by atoms with Crippen molar-refractivity contribution in [3.05, 3.63) is 48.4 Å². The molecule has 1 fully saturated rings. The maximum Gasteiger partial charge on any atom is 0.225 e. The number of nitrogens with one attached hydrogen (secondary N) is 1. The first-order valence-electron chi connectivity index (χ1n) is 9.97. The molecule has 1 aliphatic heterocycles. The number of methoxy groups -OCH3 is 2. The van der Waals surface area contributed by atoms with Crippen LogP contribution in [0.3, 0.4) is 0 Å². The van der Waals surface area contributed by atoms with Gasteiger partial charge in [-0.1, -0.05) is 0 Å². The van der Waals surface area contributed by atoms with Crippen LogP contribution >= 0.6 is 0 Å². The minimum atomic E-state index is -0.0798. The third-order valence-corrected chi connectivity index (χ3v) is 5.35. The van der Waals surface area contributed by atoms with E-state index >= 15 is 0 Å². The topological polar surface area (TPSA) is 89.5 Å². The molecule has 0 radical (unpaired) electrons. The number of aromatic nitrogens is 3. The number of anilines is 1. The lowest BCUT2D eigenvalue weighted by Crippen LogP contribution is -2.43. The highest BCUT2D eigenvalue weighted by Gasteiger charge is 2.26. The number of nitrogens with zero attached hydrogens (tertiary/aromatic N) is 4. The van der Waals surface area contributed by atoms with E-state index < -0.39 is 0 Å². The number of hydrogen-bond donors (Lipinski definition) is 1. The highest BCUT2D eigenvalue weighted by molar-refractivity contribution is 5.80. The van der Waals surface area contributed by atoms with Crippen LogP contribution < -0.4 is 19.7 Å². The minimum absolute atomic E-state index is 0.0510. The first-order chi connectivity index (χ1) is 14.7. The van der Waals surface area contributed by atoms with Crippen molar-refractivity contribution in [2.24, 2.45) is 5.92 Å². The highest BCUT2D eigenvalue weighted by atomic mass is 16.5. The molecule has 0 spiro atoms. The lowest BCUT2D eigenvalue weighted by Gasteiger charge is -2.33. The third-order valence-electron chi connectivity index (χ3n) is 5.35. The summed E-state index contributed by atoms with van der Waals surface area (Å²) in [4.78, 5) is 28.0. The van der Waals surface area contributed by atoms with Crippen LogP contribution in [0.2, 0.25) is 0 Å². The van der Waals surface area contributed by atoms with Crippen molar-refractivity contribution in [3.63, 3.8) is 0 Å². The number of ether oxygens (including phenoxy) is 2. The molecule has 1 saturated heterocycles. The molecule has 1 amide bonds. The van der Waals surface area contributed by atoms with Crippen molar-refractivity contribution in [1.29, 1.82) is 0 Å². The molecule has 1 aliphatic rings. The fourth-order valence-corrected chi connectivity index (χ4v) is 3.75. The van der Waals surface area contributed by atoms with Crippen molar-refractivity contribution in [2.45, 2.75) is 19.4 Å². The van der Waals surface area contributed by atoms with Gasteiger partial charge in [0.15, 0.2) is 5.65 Å². The number of carbonyl (C=O) groups excluding carboxylic acids is 1. The van der Waals surface area contributed by atoms with Crippen molar-refractivity contribution in [2.75, 3.05) is 32.2 Å². The van der Waals surface area contributed by atoms with Gasteiger partial charge in [-0.3, -0.25) is 9.78 Å². The molecular formula is C22H25N5O3. The van der Waals surface area contributed by atoms with Gasteiger partial charge >= 0.3 is 0 Å². The third kappa shape index (κ3) is 4.42. The molecule has 156 valence electrons. The summed E-state index contributed by atoms with van der Waals surface area (Å²) in [5.74, 6) is 1.38. The summed E-state index contributed by atoms with van der Waals surface area (Å²) >= 11 is 0. The van der Waals surface area contributed by atoms with E-state index in [1.54, 1.807) is 32.8 Å². The van der Waals surface area contributed by atoms with Crippen LogP contribution in [0.25, 0.3) is 11.2 Å². The standard InChI is InChI=1S/C22H25N5O3/c1-29-18-8-15(9-19(11-18)30-2)12-26-22(28)16-4-3-7-27(14-16)17-10-20-21(25-13-17)24-6-5-23-20/h5-6,8-11,13,16H,3-4,7,12,14H2,1-2H3,(H,26,28). The highest BCUT2D eigenvalue weighted by Crippen LogP contribution is 2.25. The van der Waals surface area contributed by atoms with E-state index in [2.05, 4.69) is 25.2 Å². The van der Waals surface area contributed by atoms with Crippen molar-refractivity contribution in [3.8, 4) is 11.5 Å². The van der Waals surface area contributed by atoms with Gasteiger partial charge in [0.1, 0.15) is 17.0 Å². The monoisotopic (exact) mass is 407 g/mol. The number of rotatable bonds is 6. The van der Waals surface area contributed by atoms with Crippen molar-refractivity contribution in [1.82, 2.24) is 20.3 Å². The van der Waals surface area contributed by atoms with Crippen molar-refractivity contribution < 1.29 is 14.3 Å². The molecule has 30 heavy (non-hydrogen) atoms. The van der Waals surface area contributed by atoms with Gasteiger partial charge in [0, 0.05) is 38.1 Å². The fourth-order valence-electron chi connectivity index (χ4n) is 3.75. The van der Waals surface area contributed by atoms with E-state index in [0.717, 1.165) is 36.2 Å². The number of benzene rings is 1. The van der Waals surface area contributed by atoms with Gasteiger partial charge in [0.25, 0.3) is 0 Å². The van der Waals surface area contributed by atoms with E-state index in [1.807, 2.05) is 24.3 Å². The van der Waals surface area contributed by atoms with Gasteiger partial charge in [-0.2, -0.15) is 0 Å². The Labute approximate surface area is 175 Å². The molecule has 1 unspecified atom stereocenters. The predicted octanol–water partition coefficient (Wildman–Crippen LogP) is 2.57. The molecular weight excluding hydrogens is 382 g/mol. The molecule has 3 aromatic rings. The second-order valence-corrected chi connectivity index (χ2v) is 7.32. The zero-order valence-electron chi connectivity index (χ0n) is 17.2. The van der Waals surface area contributed by atoms with Crippen LogP contribution in [0.5, 0.6) is 11.5 Å². The Kier molecular flexibility index (Phi) is 5.92. The smallest absolute Gasteiger partial charge is 0.225 e. The summed E-state index contributed by atoms with van der Waals surface area (Å²) in [6.45, 7) is 1.97. The normalized spacial score (nSPS) is 16.3. The Balaban J connectivity index is 1.41. The quantitative estimate of drug-likeness (QED) is 0.672. The average Bonchev–Trinajstić information content (AvgIpc) is 2.82. The van der Waals surface area contributed by atoms with Gasteiger partial charge in [0.05, 0.1) is 32.0 Å². The summed E-state index contributed by atoms with van der Waals surface area (Å²) < 4.78 is 10.6. The fraction of sp³-hybridized carbons (Fsp3) is 0.364. The first-order valence-corrected chi connectivity index (χ1v) is 9.97. The molecule has 1 aromatic carbocycles. The van der Waals surface area contributed by atoms with Crippen LogP contribution in [0.4, 0.5) is 5.69 Å². The molecule has 0 saturated carbocycles. The number of pyridine rings is 1. The largest absolute Gasteiger partial charge is 0.497 e. The first kappa shape index (κ1) is 19.9. The molecule has 0 bridgehead atoms. The maximum atomic E-state index is 12.8. The molecule has 0 aliphatic carbocycles. The van der Waals surface area contributed by atoms with E-state index in [-0.39, 0.29) is 11.8 Å². The van der Waals surface area contributed by atoms with Gasteiger partial charge in [-0.15, -0.1) is 0 Å². The van der Waals surface area contributed by atoms with Crippen LogP contribution in [0.1, 0.15) is 18.4 Å². The Morgan fingerprint density at radius 1 is 1.10 bits per heavy atom. The number of amides is 1. The number of piperidine rings is 1. The van der Waals surface area contributed by atoms with Crippen LogP contribution in [0, 0.1) is 5.92 Å². The average molecular weight is 407 g/mol. The van der Waals surface area contributed by atoms with Gasteiger partial charge in [0.2, 0.25) is 5.91 Å². The Morgan fingerprint density at radius 3 is 2.63 bits per heavy atom. The lowest BCUT2D eigenvalue weighted by molar-refractivity contribution is -0.125. The number of carbonyl (C=O) groups is 1. The number of hydrogen-bond acceptors (Lipinski definition) is 7. The van der Waals surface area contributed by atoms with Crippen LogP contribution in [-0.2, 0) is 11.3 Å². The zero-order chi connectivity index (χ0) is 20.9. The Morgan fingerprint density at radius 2 is 1.87 bits per heavy atom. The van der Waals surface area contributed by atoms with E-state index in [1.165, 1.54) is 0 Å². The minimum Gasteiger partial charge on any atom is -0.497 e. The summed E-state index contributed by atoms with van der Waals surface area (Å²) in [6, 6.07) is 7.60. The van der Waals surface area contributed by atoms with E-state index in [4.69, 9.17) is 9.47 Å². The zero-order valence-corrected chi connectivity index (χ0v) is 17.2. The summed E-state index contributed by atoms with van der Waals surface area (Å²) in [6.07, 6.45) is 6.91. The lowest BCUT2D eigenvalue weighted by atomic mass is 9.96. The van der Waals surface area contributed by atoms with Gasteiger partial charge in [-0.05, 0) is 36.6 Å². The van der Waals surface area contributed by atoms with Gasteiger partial charge in [-0.25, -0.2) is 9.97 Å². The maximum absolute atomic E-state index is 12.8. The molecule has 1 N–H and O–H groups in total. The van der Waals surface area contributed by atoms with Crippen molar-refractivity contribution >= 4 is 22.8 Å². The molecule has 3 heterocycles. The molecule has 8 heteroatoms.